The molecular formula is C24H15Cl3F6N2O2. The number of halogens is 9. The highest BCUT2D eigenvalue weighted by atomic mass is 35.5. The first-order chi connectivity index (χ1) is 17.1. The Morgan fingerprint density at radius 1 is 0.865 bits per heavy atom. The first-order valence-electron chi connectivity index (χ1n) is 10.2. The van der Waals surface area contributed by atoms with Crippen molar-refractivity contribution < 1.29 is 35.9 Å². The zero-order valence-electron chi connectivity index (χ0n) is 18.5. The monoisotopic (exact) mass is 582 g/mol. The largest absolute Gasteiger partial charge is 0.419 e. The number of anilines is 2. The molecule has 1 unspecified atom stereocenters. The molecule has 0 spiro atoms. The van der Waals surface area contributed by atoms with E-state index in [0.717, 1.165) is 24.3 Å². The Kier molecular flexibility index (Phi) is 8.36. The van der Waals surface area contributed by atoms with Gasteiger partial charge in [0.25, 0.3) is 5.91 Å². The standard InChI is InChI=1S/C24H15Cl3F6N2O2/c1-23(26,27)20(11-2-5-15(17(29)8-11)24(31,32)33)22(37)34-13-4-6-16(25)14(10-13)21(36)35-19-7-3-12(28)9-18(19)30/h2-10,20H,1H3,(H,34,37)(H,35,36). The quantitative estimate of drug-likeness (QED) is 0.229. The van der Waals surface area contributed by atoms with E-state index < -0.39 is 51.3 Å². The van der Waals surface area contributed by atoms with Crippen molar-refractivity contribution in [2.24, 2.45) is 0 Å². The van der Waals surface area contributed by atoms with Crippen molar-refractivity contribution in [1.82, 2.24) is 0 Å². The summed E-state index contributed by atoms with van der Waals surface area (Å²) in [6.07, 6.45) is -4.96. The molecule has 0 radical (unpaired) electrons. The Morgan fingerprint density at radius 3 is 2.11 bits per heavy atom. The summed E-state index contributed by atoms with van der Waals surface area (Å²) in [4.78, 5) is 25.7. The topological polar surface area (TPSA) is 58.2 Å². The minimum Gasteiger partial charge on any atom is -0.325 e. The number of carbonyl (C=O) groups is 2. The molecule has 3 aromatic carbocycles. The Labute approximate surface area is 221 Å². The van der Waals surface area contributed by atoms with Crippen LogP contribution < -0.4 is 10.6 Å². The molecule has 0 heterocycles. The molecule has 3 aromatic rings. The Bertz CT molecular complexity index is 1360. The number of carbonyl (C=O) groups excluding carboxylic acids is 2. The molecule has 0 aliphatic carbocycles. The molecule has 0 fully saturated rings. The van der Waals surface area contributed by atoms with E-state index in [-0.39, 0.29) is 27.5 Å². The van der Waals surface area contributed by atoms with Crippen molar-refractivity contribution in [3.05, 3.63) is 93.8 Å². The fraction of sp³-hybridized carbons (Fsp3) is 0.167. The van der Waals surface area contributed by atoms with Gasteiger partial charge in [-0.05, 0) is 55.0 Å². The zero-order chi connectivity index (χ0) is 27.7. The summed E-state index contributed by atoms with van der Waals surface area (Å²) in [5.74, 6) is -6.90. The molecule has 13 heteroatoms. The Hall–Kier alpha value is -2.95. The van der Waals surface area contributed by atoms with Gasteiger partial charge in [0.1, 0.15) is 21.8 Å². The van der Waals surface area contributed by atoms with E-state index in [4.69, 9.17) is 34.8 Å². The average Bonchev–Trinajstić information content (AvgIpc) is 2.75. The van der Waals surface area contributed by atoms with Gasteiger partial charge >= 0.3 is 6.18 Å². The van der Waals surface area contributed by atoms with Crippen LogP contribution in [0.15, 0.2) is 54.6 Å². The zero-order valence-corrected chi connectivity index (χ0v) is 20.8. The third-order valence-corrected chi connectivity index (χ3v) is 5.82. The first-order valence-corrected chi connectivity index (χ1v) is 11.3. The highest BCUT2D eigenvalue weighted by molar-refractivity contribution is 6.50. The van der Waals surface area contributed by atoms with Gasteiger partial charge in [-0.3, -0.25) is 9.59 Å². The molecule has 0 bridgehead atoms. The van der Waals surface area contributed by atoms with Crippen LogP contribution in [0.3, 0.4) is 0 Å². The van der Waals surface area contributed by atoms with Gasteiger partial charge in [0.2, 0.25) is 5.91 Å². The van der Waals surface area contributed by atoms with Crippen molar-refractivity contribution >= 4 is 58.0 Å². The van der Waals surface area contributed by atoms with Crippen LogP contribution >= 0.6 is 34.8 Å². The summed E-state index contributed by atoms with van der Waals surface area (Å²) in [5, 5.41) is 4.54. The van der Waals surface area contributed by atoms with Gasteiger partial charge in [0.05, 0.1) is 27.8 Å². The highest BCUT2D eigenvalue weighted by Gasteiger charge is 2.40. The number of alkyl halides is 5. The van der Waals surface area contributed by atoms with Crippen LogP contribution in [0.25, 0.3) is 0 Å². The predicted molar refractivity (Wildman–Crippen MR) is 129 cm³/mol. The highest BCUT2D eigenvalue weighted by Crippen LogP contribution is 2.40. The maximum absolute atomic E-state index is 14.2. The van der Waals surface area contributed by atoms with Crippen LogP contribution in [0.1, 0.15) is 34.3 Å². The van der Waals surface area contributed by atoms with Crippen molar-refractivity contribution in [2.75, 3.05) is 10.6 Å². The molecule has 2 amide bonds. The lowest BCUT2D eigenvalue weighted by atomic mass is 9.93. The SMILES string of the molecule is CC(Cl)(Cl)C(C(=O)Nc1ccc(Cl)c(C(=O)Nc2ccc(F)cc2F)c1)c1ccc(C(F)(F)F)c(F)c1. The van der Waals surface area contributed by atoms with Gasteiger partial charge in [-0.1, -0.05) is 17.7 Å². The van der Waals surface area contributed by atoms with Crippen molar-refractivity contribution in [3.8, 4) is 0 Å². The van der Waals surface area contributed by atoms with Crippen LogP contribution in [0.2, 0.25) is 5.02 Å². The second-order valence-electron chi connectivity index (χ2n) is 7.89. The third-order valence-electron chi connectivity index (χ3n) is 5.06. The third kappa shape index (κ3) is 6.88. The summed E-state index contributed by atoms with van der Waals surface area (Å²) >= 11 is 18.3. The number of rotatable bonds is 6. The van der Waals surface area contributed by atoms with Gasteiger partial charge < -0.3 is 10.6 Å². The van der Waals surface area contributed by atoms with E-state index in [0.29, 0.717) is 18.2 Å². The van der Waals surface area contributed by atoms with Gasteiger partial charge in [-0.15, -0.1) is 23.2 Å². The minimum atomic E-state index is -4.96. The van der Waals surface area contributed by atoms with Gasteiger partial charge in [-0.2, -0.15) is 13.2 Å². The van der Waals surface area contributed by atoms with Crippen molar-refractivity contribution in [3.63, 3.8) is 0 Å². The summed E-state index contributed by atoms with van der Waals surface area (Å²) in [6, 6.07) is 7.98. The van der Waals surface area contributed by atoms with Crippen LogP contribution in [-0.4, -0.2) is 16.1 Å². The molecule has 3 rings (SSSR count). The van der Waals surface area contributed by atoms with E-state index in [2.05, 4.69) is 10.6 Å². The number of hydrogen-bond donors (Lipinski definition) is 2. The van der Waals surface area contributed by atoms with Crippen molar-refractivity contribution in [1.29, 1.82) is 0 Å². The molecule has 0 saturated heterocycles. The number of hydrogen-bond acceptors (Lipinski definition) is 2. The summed E-state index contributed by atoms with van der Waals surface area (Å²) in [7, 11) is 0. The minimum absolute atomic E-state index is 0.0194. The fourth-order valence-electron chi connectivity index (χ4n) is 3.39. The first kappa shape index (κ1) is 28.6. The average molecular weight is 584 g/mol. The smallest absolute Gasteiger partial charge is 0.325 e. The molecule has 2 N–H and O–H groups in total. The Morgan fingerprint density at radius 2 is 1.54 bits per heavy atom. The van der Waals surface area contributed by atoms with Gasteiger partial charge in [0.15, 0.2) is 0 Å². The van der Waals surface area contributed by atoms with E-state index in [1.54, 1.807) is 0 Å². The lowest BCUT2D eigenvalue weighted by molar-refractivity contribution is -0.140. The van der Waals surface area contributed by atoms with Crippen LogP contribution in [0.4, 0.5) is 37.7 Å². The second kappa shape index (κ2) is 10.8. The van der Waals surface area contributed by atoms with E-state index >= 15 is 0 Å². The van der Waals surface area contributed by atoms with Gasteiger partial charge in [-0.25, -0.2) is 13.2 Å². The molecule has 4 nitrogen and oxygen atoms in total. The molecule has 37 heavy (non-hydrogen) atoms. The molecule has 0 aliphatic heterocycles. The predicted octanol–water partition coefficient (Wildman–Crippen LogP) is 7.94. The Balaban J connectivity index is 1.89. The number of amides is 2. The van der Waals surface area contributed by atoms with E-state index in [1.165, 1.54) is 19.1 Å². The summed E-state index contributed by atoms with van der Waals surface area (Å²) in [6.45, 7) is 1.19. The molecule has 0 aliphatic rings. The molecule has 0 saturated carbocycles. The molecule has 196 valence electrons. The second-order valence-corrected chi connectivity index (χ2v) is 10.1. The summed E-state index contributed by atoms with van der Waals surface area (Å²) in [5.41, 5.74) is -2.34. The normalized spacial score (nSPS) is 12.7. The maximum Gasteiger partial charge on any atom is 0.419 e. The van der Waals surface area contributed by atoms with Crippen LogP contribution in [-0.2, 0) is 11.0 Å². The van der Waals surface area contributed by atoms with Crippen molar-refractivity contribution in [2.45, 2.75) is 23.4 Å². The van der Waals surface area contributed by atoms with Crippen LogP contribution in [0, 0.1) is 17.5 Å². The molecule has 1 atom stereocenters. The lowest BCUT2D eigenvalue weighted by Crippen LogP contribution is -2.32. The number of benzene rings is 3. The van der Waals surface area contributed by atoms with Gasteiger partial charge in [0, 0.05) is 11.8 Å². The van der Waals surface area contributed by atoms with E-state index in [1.807, 2.05) is 0 Å². The van der Waals surface area contributed by atoms with E-state index in [9.17, 15) is 35.9 Å². The maximum atomic E-state index is 14.2. The lowest BCUT2D eigenvalue weighted by Gasteiger charge is -2.26. The fourth-order valence-corrected chi connectivity index (χ4v) is 4.04. The molecule has 0 aromatic heterocycles. The molecular weight excluding hydrogens is 569 g/mol. The number of nitrogens with one attached hydrogen (secondary N) is 2. The summed E-state index contributed by atoms with van der Waals surface area (Å²) < 4.78 is 78.0. The van der Waals surface area contributed by atoms with Crippen LogP contribution in [0.5, 0.6) is 0 Å².